The van der Waals surface area contributed by atoms with Crippen LogP contribution in [0.4, 0.5) is 11.5 Å². The maximum absolute atomic E-state index is 11.3. The molecule has 26 heavy (non-hydrogen) atoms. The van der Waals surface area contributed by atoms with Gasteiger partial charge in [-0.1, -0.05) is 11.6 Å². The van der Waals surface area contributed by atoms with Crippen molar-refractivity contribution in [2.45, 2.75) is 50.7 Å². The molecule has 1 aromatic rings. The molecule has 1 aliphatic carbocycles. The zero-order valence-corrected chi connectivity index (χ0v) is 15.7. The van der Waals surface area contributed by atoms with Gasteiger partial charge in [0.25, 0.3) is 0 Å². The molecule has 146 valence electrons. The second-order valence-corrected chi connectivity index (χ2v) is 6.98. The first-order valence-electron chi connectivity index (χ1n) is 7.87. The van der Waals surface area contributed by atoms with E-state index in [-0.39, 0.29) is 35.6 Å². The molecule has 0 bridgehead atoms. The summed E-state index contributed by atoms with van der Waals surface area (Å²) in [6.45, 7) is 2.98. The number of nitrogens with one attached hydrogen (secondary N) is 1. The van der Waals surface area contributed by atoms with Crippen LogP contribution in [0.5, 0.6) is 0 Å². The molecule has 10 nitrogen and oxygen atoms in total. The quantitative estimate of drug-likeness (QED) is 0.192. The summed E-state index contributed by atoms with van der Waals surface area (Å²) < 4.78 is 11.1. The molecule has 12 heteroatoms. The predicted octanol–water partition coefficient (Wildman–Crippen LogP) is 1.76. The number of nitrogens with zero attached hydrogens (tertiary/aromatic N) is 3. The average Bonchev–Trinajstić information content (AvgIpc) is 2.83. The van der Waals surface area contributed by atoms with Gasteiger partial charge in [0.2, 0.25) is 16.3 Å². The maximum atomic E-state index is 11.3. The van der Waals surface area contributed by atoms with E-state index in [0.29, 0.717) is 12.8 Å². The van der Waals surface area contributed by atoms with E-state index in [1.807, 2.05) is 0 Å². The minimum atomic E-state index is -1.41. The SMILES string of the molecule is CC(C)(O)O[C@@H]1C[C@@H](OCCO)C[C@H]1Nc1nc(Cl)nc(Cl)c1[N+](=O)[O-]. The first kappa shape index (κ1) is 21.0. The van der Waals surface area contributed by atoms with Gasteiger partial charge in [-0.25, -0.2) is 0 Å². The van der Waals surface area contributed by atoms with Gasteiger partial charge >= 0.3 is 5.69 Å². The number of aliphatic hydroxyl groups is 2. The summed E-state index contributed by atoms with van der Waals surface area (Å²) in [5.74, 6) is -1.55. The Morgan fingerprint density at radius 2 is 2.08 bits per heavy atom. The summed E-state index contributed by atoms with van der Waals surface area (Å²) in [5.41, 5.74) is -0.502. The van der Waals surface area contributed by atoms with Crippen LogP contribution in [0.2, 0.25) is 10.4 Å². The lowest BCUT2D eigenvalue weighted by atomic mass is 10.2. The number of aromatic nitrogens is 2. The fourth-order valence-electron chi connectivity index (χ4n) is 2.80. The number of hydrogen-bond acceptors (Lipinski definition) is 9. The van der Waals surface area contributed by atoms with Gasteiger partial charge < -0.3 is 25.0 Å². The van der Waals surface area contributed by atoms with Gasteiger partial charge in [-0.15, -0.1) is 0 Å². The molecule has 0 spiro atoms. The van der Waals surface area contributed by atoms with Crippen molar-refractivity contribution in [3.05, 3.63) is 20.6 Å². The van der Waals surface area contributed by atoms with Gasteiger partial charge in [-0.05, 0) is 31.9 Å². The highest BCUT2D eigenvalue weighted by atomic mass is 35.5. The van der Waals surface area contributed by atoms with Gasteiger partial charge in [0.05, 0.1) is 36.4 Å². The van der Waals surface area contributed by atoms with Crippen molar-refractivity contribution in [3.63, 3.8) is 0 Å². The molecule has 0 unspecified atom stereocenters. The predicted molar refractivity (Wildman–Crippen MR) is 93.3 cm³/mol. The van der Waals surface area contributed by atoms with E-state index >= 15 is 0 Å². The molecule has 1 fully saturated rings. The van der Waals surface area contributed by atoms with Crippen molar-refractivity contribution in [1.29, 1.82) is 0 Å². The second kappa shape index (κ2) is 8.59. The van der Waals surface area contributed by atoms with Crippen molar-refractivity contribution in [2.24, 2.45) is 0 Å². The summed E-state index contributed by atoms with van der Waals surface area (Å²) in [4.78, 5) is 18.0. The molecule has 0 radical (unpaired) electrons. The van der Waals surface area contributed by atoms with Crippen molar-refractivity contribution in [1.82, 2.24) is 9.97 Å². The van der Waals surface area contributed by atoms with Crippen LogP contribution in [-0.4, -0.2) is 62.4 Å². The Morgan fingerprint density at radius 3 is 2.65 bits per heavy atom. The standard InChI is InChI=1S/C14H20Cl2N4O6/c1-14(2,22)26-9-6-7(25-4-3-21)5-8(9)17-12-10(20(23)24)11(15)18-13(16)19-12/h7-9,21-22H,3-6H2,1-2H3,(H,17,18,19)/t7-,8+,9+/m0/s1. The normalized spacial score (nSPS) is 23.2. The third kappa shape index (κ3) is 5.60. The lowest BCUT2D eigenvalue weighted by Gasteiger charge is -2.28. The Bertz CT molecular complexity index is 657. The Kier molecular flexibility index (Phi) is 6.94. The Hall–Kier alpha value is -1.30. The number of ether oxygens (including phenoxy) is 2. The minimum absolute atomic E-state index is 0.131. The number of aliphatic hydroxyl groups excluding tert-OH is 1. The van der Waals surface area contributed by atoms with Crippen LogP contribution in [-0.2, 0) is 9.47 Å². The van der Waals surface area contributed by atoms with Crippen LogP contribution in [0.25, 0.3) is 0 Å². The molecule has 0 aromatic carbocycles. The fraction of sp³-hybridized carbons (Fsp3) is 0.714. The molecule has 1 saturated carbocycles. The third-order valence-corrected chi connectivity index (χ3v) is 4.10. The van der Waals surface area contributed by atoms with E-state index in [9.17, 15) is 15.2 Å². The van der Waals surface area contributed by atoms with E-state index < -0.39 is 28.5 Å². The molecule has 1 aliphatic rings. The van der Waals surface area contributed by atoms with Gasteiger partial charge in [0.1, 0.15) is 0 Å². The highest BCUT2D eigenvalue weighted by molar-refractivity contribution is 6.33. The first-order valence-corrected chi connectivity index (χ1v) is 8.63. The smallest absolute Gasteiger partial charge is 0.348 e. The Balaban J connectivity index is 2.25. The minimum Gasteiger partial charge on any atom is -0.394 e. The molecule has 1 aromatic heterocycles. The monoisotopic (exact) mass is 410 g/mol. The van der Waals surface area contributed by atoms with Crippen LogP contribution >= 0.6 is 23.2 Å². The van der Waals surface area contributed by atoms with E-state index in [0.717, 1.165) is 0 Å². The van der Waals surface area contributed by atoms with Crippen LogP contribution < -0.4 is 5.32 Å². The van der Waals surface area contributed by atoms with Crippen LogP contribution in [0.15, 0.2) is 0 Å². The van der Waals surface area contributed by atoms with Gasteiger partial charge in [0.15, 0.2) is 5.79 Å². The van der Waals surface area contributed by atoms with Crippen molar-refractivity contribution in [2.75, 3.05) is 18.5 Å². The van der Waals surface area contributed by atoms with E-state index in [1.165, 1.54) is 13.8 Å². The summed E-state index contributed by atoms with van der Waals surface area (Å²) in [7, 11) is 0. The number of nitro groups is 1. The van der Waals surface area contributed by atoms with E-state index in [2.05, 4.69) is 15.3 Å². The third-order valence-electron chi connectivity index (χ3n) is 3.66. The lowest BCUT2D eigenvalue weighted by Crippen LogP contribution is -2.38. The number of hydrogen-bond donors (Lipinski definition) is 3. The van der Waals surface area contributed by atoms with Gasteiger partial charge in [-0.3, -0.25) is 10.1 Å². The molecular weight excluding hydrogens is 391 g/mol. The first-order chi connectivity index (χ1) is 12.1. The lowest BCUT2D eigenvalue weighted by molar-refractivity contribution is -0.384. The molecular formula is C14H20Cl2N4O6. The van der Waals surface area contributed by atoms with Crippen molar-refractivity contribution >= 4 is 34.7 Å². The second-order valence-electron chi connectivity index (χ2n) is 6.28. The van der Waals surface area contributed by atoms with Crippen molar-refractivity contribution < 1.29 is 24.6 Å². The summed E-state index contributed by atoms with van der Waals surface area (Å²) in [6, 6.07) is -0.467. The van der Waals surface area contributed by atoms with Gasteiger partial charge in [-0.2, -0.15) is 9.97 Å². The fourth-order valence-corrected chi connectivity index (χ4v) is 3.25. The molecule has 3 N–H and O–H groups in total. The van der Waals surface area contributed by atoms with Crippen LogP contribution in [0.1, 0.15) is 26.7 Å². The molecule has 3 atom stereocenters. The molecule has 1 heterocycles. The zero-order chi connectivity index (χ0) is 19.5. The summed E-state index contributed by atoms with van der Waals surface area (Å²) in [6.07, 6.45) is 0.0451. The van der Waals surface area contributed by atoms with Gasteiger partial charge in [0, 0.05) is 6.42 Å². The van der Waals surface area contributed by atoms with Crippen LogP contribution in [0, 0.1) is 10.1 Å². The number of rotatable bonds is 8. The number of anilines is 1. The van der Waals surface area contributed by atoms with E-state index in [4.69, 9.17) is 37.8 Å². The molecule has 0 saturated heterocycles. The maximum Gasteiger partial charge on any atom is 0.348 e. The summed E-state index contributed by atoms with van der Waals surface area (Å²) in [5, 5.41) is 32.4. The highest BCUT2D eigenvalue weighted by Crippen LogP contribution is 2.35. The Morgan fingerprint density at radius 1 is 1.38 bits per heavy atom. The molecule has 0 amide bonds. The van der Waals surface area contributed by atoms with E-state index in [1.54, 1.807) is 0 Å². The molecule has 0 aliphatic heterocycles. The highest BCUT2D eigenvalue weighted by Gasteiger charge is 2.40. The average molecular weight is 411 g/mol. The van der Waals surface area contributed by atoms with Crippen LogP contribution in [0.3, 0.4) is 0 Å². The largest absolute Gasteiger partial charge is 0.394 e. The summed E-state index contributed by atoms with van der Waals surface area (Å²) >= 11 is 11.6. The topological polar surface area (TPSA) is 140 Å². The Labute approximate surface area is 159 Å². The molecule has 2 rings (SSSR count). The van der Waals surface area contributed by atoms with Crippen molar-refractivity contribution in [3.8, 4) is 0 Å². The number of halogens is 2. The zero-order valence-electron chi connectivity index (χ0n) is 14.2.